The normalized spacial score (nSPS) is 13.3. The molecule has 0 aliphatic rings. The lowest BCUT2D eigenvalue weighted by molar-refractivity contribution is -0.121. The van der Waals surface area contributed by atoms with Crippen molar-refractivity contribution < 1.29 is 9.90 Å². The van der Waals surface area contributed by atoms with Crippen LogP contribution >= 0.6 is 0 Å². The Kier molecular flexibility index (Phi) is 7.34. The summed E-state index contributed by atoms with van der Waals surface area (Å²) in [6.07, 6.45) is 0.809. The Morgan fingerprint density at radius 1 is 1.27 bits per heavy atom. The minimum atomic E-state index is -0.119. The summed E-state index contributed by atoms with van der Waals surface area (Å²) in [6, 6.07) is 0.180. The molecule has 0 aromatic carbocycles. The van der Waals surface area contributed by atoms with E-state index in [4.69, 9.17) is 5.11 Å². The van der Waals surface area contributed by atoms with Crippen molar-refractivity contribution in [3.05, 3.63) is 0 Å². The Labute approximate surface area is 92.4 Å². The molecule has 4 nitrogen and oxygen atoms in total. The van der Waals surface area contributed by atoms with Crippen LogP contribution in [0.15, 0.2) is 0 Å². The number of carbonyl (C=O) groups excluding carboxylic acids is 1. The highest BCUT2D eigenvalue weighted by Crippen LogP contribution is 2.03. The molecule has 0 saturated carbocycles. The molecule has 1 amide bonds. The molecule has 0 fully saturated rings. The molecule has 0 saturated heterocycles. The highest BCUT2D eigenvalue weighted by molar-refractivity contribution is 5.78. The van der Waals surface area contributed by atoms with E-state index in [1.807, 2.05) is 13.8 Å². The second-order valence-electron chi connectivity index (χ2n) is 4.61. The zero-order chi connectivity index (χ0) is 11.8. The Morgan fingerprint density at radius 3 is 2.27 bits per heavy atom. The van der Waals surface area contributed by atoms with Crippen LogP contribution in [0.1, 0.15) is 34.1 Å². The maximum atomic E-state index is 11.4. The summed E-state index contributed by atoms with van der Waals surface area (Å²) in [5.74, 6) is 0.420. The molecule has 0 heterocycles. The molecule has 0 aromatic heterocycles. The Morgan fingerprint density at radius 2 is 1.87 bits per heavy atom. The van der Waals surface area contributed by atoms with Gasteiger partial charge >= 0.3 is 0 Å². The molecule has 0 spiro atoms. The fourth-order valence-corrected chi connectivity index (χ4v) is 1.32. The van der Waals surface area contributed by atoms with Gasteiger partial charge in [0.25, 0.3) is 0 Å². The number of hydrogen-bond donors (Lipinski definition) is 3. The average molecular weight is 216 g/mol. The number of hydrogen-bond acceptors (Lipinski definition) is 3. The van der Waals surface area contributed by atoms with Crippen molar-refractivity contribution in [3.63, 3.8) is 0 Å². The third kappa shape index (κ3) is 8.39. The van der Waals surface area contributed by atoms with E-state index in [0.717, 1.165) is 6.42 Å². The van der Waals surface area contributed by atoms with Gasteiger partial charge in [0.1, 0.15) is 0 Å². The molecule has 0 aliphatic carbocycles. The lowest BCUT2D eigenvalue weighted by Crippen LogP contribution is -2.44. The minimum absolute atomic E-state index is 0.00555. The standard InChI is InChI=1S/C11H24N2O2/c1-8(2)5-10(7-14)13-11(15)6-12-9(3)4/h8-10,12,14H,5-7H2,1-4H3,(H,13,15). The molecular weight excluding hydrogens is 192 g/mol. The average Bonchev–Trinajstić information content (AvgIpc) is 2.13. The van der Waals surface area contributed by atoms with Gasteiger partial charge in [0.15, 0.2) is 0 Å². The molecule has 4 heteroatoms. The number of aliphatic hydroxyl groups excluding tert-OH is 1. The van der Waals surface area contributed by atoms with E-state index in [1.54, 1.807) is 0 Å². The first-order valence-corrected chi connectivity index (χ1v) is 5.59. The van der Waals surface area contributed by atoms with Crippen molar-refractivity contribution in [3.8, 4) is 0 Å². The number of amides is 1. The summed E-state index contributed by atoms with van der Waals surface area (Å²) in [6.45, 7) is 8.44. The molecule has 0 aromatic rings. The van der Waals surface area contributed by atoms with Crippen molar-refractivity contribution in [1.29, 1.82) is 0 Å². The SMILES string of the molecule is CC(C)CC(CO)NC(=O)CNC(C)C. The lowest BCUT2D eigenvalue weighted by atomic mass is 10.0. The van der Waals surface area contributed by atoms with Gasteiger partial charge in [-0.05, 0) is 12.3 Å². The molecule has 15 heavy (non-hydrogen) atoms. The van der Waals surface area contributed by atoms with Crippen LogP contribution in [0.5, 0.6) is 0 Å². The van der Waals surface area contributed by atoms with Crippen LogP contribution in [-0.4, -0.2) is 36.2 Å². The van der Waals surface area contributed by atoms with Gasteiger partial charge in [-0.15, -0.1) is 0 Å². The smallest absolute Gasteiger partial charge is 0.234 e. The maximum Gasteiger partial charge on any atom is 0.234 e. The maximum absolute atomic E-state index is 11.4. The van der Waals surface area contributed by atoms with Gasteiger partial charge in [-0.2, -0.15) is 0 Å². The van der Waals surface area contributed by atoms with E-state index in [2.05, 4.69) is 24.5 Å². The van der Waals surface area contributed by atoms with Crippen molar-refractivity contribution >= 4 is 5.91 Å². The fraction of sp³-hybridized carbons (Fsp3) is 0.909. The summed E-state index contributed by atoms with van der Waals surface area (Å²) >= 11 is 0. The van der Waals surface area contributed by atoms with Crippen LogP contribution in [0.4, 0.5) is 0 Å². The third-order valence-electron chi connectivity index (χ3n) is 2.01. The van der Waals surface area contributed by atoms with Gasteiger partial charge in [0.2, 0.25) is 5.91 Å². The van der Waals surface area contributed by atoms with E-state index >= 15 is 0 Å². The van der Waals surface area contributed by atoms with Crippen LogP contribution in [-0.2, 0) is 4.79 Å². The van der Waals surface area contributed by atoms with Crippen LogP contribution in [0.3, 0.4) is 0 Å². The van der Waals surface area contributed by atoms with Crippen molar-refractivity contribution in [2.75, 3.05) is 13.2 Å². The van der Waals surface area contributed by atoms with Gasteiger partial charge in [0.05, 0.1) is 19.2 Å². The van der Waals surface area contributed by atoms with Crippen LogP contribution in [0.25, 0.3) is 0 Å². The molecule has 1 atom stereocenters. The van der Waals surface area contributed by atoms with Gasteiger partial charge in [-0.3, -0.25) is 4.79 Å². The van der Waals surface area contributed by atoms with Gasteiger partial charge in [0, 0.05) is 6.04 Å². The first-order valence-electron chi connectivity index (χ1n) is 5.59. The topological polar surface area (TPSA) is 61.4 Å². The highest BCUT2D eigenvalue weighted by Gasteiger charge is 2.12. The zero-order valence-electron chi connectivity index (χ0n) is 10.2. The Balaban J connectivity index is 3.80. The second kappa shape index (κ2) is 7.65. The van der Waals surface area contributed by atoms with Crippen molar-refractivity contribution in [2.24, 2.45) is 5.92 Å². The largest absolute Gasteiger partial charge is 0.394 e. The molecule has 90 valence electrons. The molecule has 0 aliphatic heterocycles. The van der Waals surface area contributed by atoms with Crippen LogP contribution in [0.2, 0.25) is 0 Å². The van der Waals surface area contributed by atoms with E-state index in [9.17, 15) is 4.79 Å². The zero-order valence-corrected chi connectivity index (χ0v) is 10.2. The number of rotatable bonds is 7. The summed E-state index contributed by atoms with van der Waals surface area (Å²) in [5.41, 5.74) is 0. The van der Waals surface area contributed by atoms with E-state index in [0.29, 0.717) is 18.5 Å². The molecule has 3 N–H and O–H groups in total. The number of carbonyl (C=O) groups is 1. The summed E-state index contributed by atoms with van der Waals surface area (Å²) in [4.78, 5) is 11.4. The molecule has 1 unspecified atom stereocenters. The van der Waals surface area contributed by atoms with Gasteiger partial charge in [-0.25, -0.2) is 0 Å². The summed E-state index contributed by atoms with van der Waals surface area (Å²) in [5, 5.41) is 14.9. The highest BCUT2D eigenvalue weighted by atomic mass is 16.3. The van der Waals surface area contributed by atoms with Crippen molar-refractivity contribution in [1.82, 2.24) is 10.6 Å². The van der Waals surface area contributed by atoms with Gasteiger partial charge in [-0.1, -0.05) is 27.7 Å². The first-order chi connectivity index (χ1) is 6.95. The fourth-order valence-electron chi connectivity index (χ4n) is 1.32. The monoisotopic (exact) mass is 216 g/mol. The molecule has 0 radical (unpaired) electrons. The molecule has 0 rings (SSSR count). The minimum Gasteiger partial charge on any atom is -0.394 e. The van der Waals surface area contributed by atoms with E-state index in [-0.39, 0.29) is 18.6 Å². The van der Waals surface area contributed by atoms with Gasteiger partial charge < -0.3 is 15.7 Å². The molecule has 0 bridgehead atoms. The first kappa shape index (κ1) is 14.4. The Hall–Kier alpha value is -0.610. The predicted octanol–water partition coefficient (Wildman–Crippen LogP) is 0.508. The van der Waals surface area contributed by atoms with E-state index < -0.39 is 0 Å². The quantitative estimate of drug-likeness (QED) is 0.581. The van der Waals surface area contributed by atoms with Crippen LogP contribution < -0.4 is 10.6 Å². The lowest BCUT2D eigenvalue weighted by Gasteiger charge is -2.18. The number of aliphatic hydroxyl groups is 1. The predicted molar refractivity (Wildman–Crippen MR) is 61.6 cm³/mol. The van der Waals surface area contributed by atoms with Crippen LogP contribution in [0, 0.1) is 5.92 Å². The van der Waals surface area contributed by atoms with Crippen molar-refractivity contribution in [2.45, 2.75) is 46.2 Å². The molecular formula is C11H24N2O2. The Bertz CT molecular complexity index is 181. The summed E-state index contributed by atoms with van der Waals surface area (Å²) in [7, 11) is 0. The second-order valence-corrected chi connectivity index (χ2v) is 4.61. The number of nitrogens with one attached hydrogen (secondary N) is 2. The third-order valence-corrected chi connectivity index (χ3v) is 2.01. The van der Waals surface area contributed by atoms with E-state index in [1.165, 1.54) is 0 Å². The summed E-state index contributed by atoms with van der Waals surface area (Å²) < 4.78 is 0.